The topological polar surface area (TPSA) is 6.48 Å². The van der Waals surface area contributed by atoms with E-state index in [9.17, 15) is 4.39 Å². The molecule has 4 rings (SSSR count). The fourth-order valence-corrected chi connectivity index (χ4v) is 4.56. The lowest BCUT2D eigenvalue weighted by Gasteiger charge is -2.31. The van der Waals surface area contributed by atoms with Crippen molar-refractivity contribution in [2.24, 2.45) is 0 Å². The highest BCUT2D eigenvalue weighted by atomic mass is 32.2. The highest BCUT2D eigenvalue weighted by Crippen LogP contribution is 2.34. The van der Waals surface area contributed by atoms with E-state index in [2.05, 4.69) is 71.5 Å². The Morgan fingerprint density at radius 1 is 0.897 bits per heavy atom. The first-order valence-corrected chi connectivity index (χ1v) is 11.3. The second-order valence-corrected chi connectivity index (χ2v) is 8.55. The van der Waals surface area contributed by atoms with Crippen molar-refractivity contribution in [3.05, 3.63) is 101 Å². The monoisotopic (exact) mass is 406 g/mol. The third-order valence-corrected chi connectivity index (χ3v) is 6.32. The van der Waals surface area contributed by atoms with Gasteiger partial charge in [-0.25, -0.2) is 4.39 Å². The molecule has 0 amide bonds. The first-order chi connectivity index (χ1) is 14.1. The van der Waals surface area contributed by atoms with Crippen LogP contribution in [0, 0.1) is 12.7 Å². The smallest absolute Gasteiger partial charge is 0.127 e. The van der Waals surface area contributed by atoms with Gasteiger partial charge in [-0.15, -0.1) is 11.8 Å². The van der Waals surface area contributed by atoms with Crippen LogP contribution in [0.5, 0.6) is 0 Å². The molecule has 0 N–H and O–H groups in total. The Labute approximate surface area is 177 Å². The third-order valence-electron chi connectivity index (χ3n) is 5.58. The Hall–Kier alpha value is -2.14. The first-order valence-electron chi connectivity index (χ1n) is 10.0. The van der Waals surface area contributed by atoms with Gasteiger partial charge >= 0.3 is 0 Å². The average Bonchev–Trinajstić information content (AvgIpc) is 3.12. The van der Waals surface area contributed by atoms with Crippen LogP contribution in [0.3, 0.4) is 0 Å². The molecule has 1 fully saturated rings. The first kappa shape index (κ1) is 20.1. The molecular formula is C25H27FN2S. The minimum Gasteiger partial charge on any atom is -0.279 e. The van der Waals surface area contributed by atoms with E-state index in [1.165, 1.54) is 21.6 Å². The van der Waals surface area contributed by atoms with Crippen molar-refractivity contribution in [3.8, 4) is 0 Å². The molecule has 0 bridgehead atoms. The molecule has 0 saturated carbocycles. The molecule has 3 aromatic rings. The molecule has 1 atom stereocenters. The van der Waals surface area contributed by atoms with Crippen LogP contribution < -0.4 is 0 Å². The SMILES string of the molecule is CSc1ccc(C2N(Cc3cccc(C)c3)CCN2Cc2ccccc2F)cc1. The lowest BCUT2D eigenvalue weighted by atomic mass is 10.1. The molecule has 0 aromatic heterocycles. The quantitative estimate of drug-likeness (QED) is 0.473. The average molecular weight is 407 g/mol. The Morgan fingerprint density at radius 3 is 2.31 bits per heavy atom. The number of halogens is 1. The van der Waals surface area contributed by atoms with Gasteiger partial charge in [-0.05, 0) is 42.5 Å². The number of hydrogen-bond donors (Lipinski definition) is 0. The summed E-state index contributed by atoms with van der Waals surface area (Å²) >= 11 is 1.75. The van der Waals surface area contributed by atoms with Gasteiger partial charge in [-0.1, -0.05) is 60.2 Å². The van der Waals surface area contributed by atoms with Gasteiger partial charge in [0.15, 0.2) is 0 Å². The number of aryl methyl sites for hydroxylation is 1. The summed E-state index contributed by atoms with van der Waals surface area (Å²) in [6, 6.07) is 24.6. The fraction of sp³-hybridized carbons (Fsp3) is 0.280. The highest BCUT2D eigenvalue weighted by molar-refractivity contribution is 7.98. The van der Waals surface area contributed by atoms with Crippen molar-refractivity contribution < 1.29 is 4.39 Å². The van der Waals surface area contributed by atoms with Crippen LogP contribution in [0.25, 0.3) is 0 Å². The predicted molar refractivity (Wildman–Crippen MR) is 119 cm³/mol. The number of nitrogens with zero attached hydrogens (tertiary/aromatic N) is 2. The molecule has 1 saturated heterocycles. The zero-order valence-corrected chi connectivity index (χ0v) is 17.8. The summed E-state index contributed by atoms with van der Waals surface area (Å²) in [6.07, 6.45) is 2.24. The number of rotatable bonds is 6. The number of thioether (sulfide) groups is 1. The fourth-order valence-electron chi connectivity index (χ4n) is 4.15. The van der Waals surface area contributed by atoms with Gasteiger partial charge in [0.05, 0.1) is 6.17 Å². The van der Waals surface area contributed by atoms with Gasteiger partial charge in [0.25, 0.3) is 0 Å². The van der Waals surface area contributed by atoms with E-state index in [-0.39, 0.29) is 12.0 Å². The summed E-state index contributed by atoms with van der Waals surface area (Å²) in [4.78, 5) is 6.16. The van der Waals surface area contributed by atoms with E-state index in [1.807, 2.05) is 12.1 Å². The van der Waals surface area contributed by atoms with Crippen LogP contribution in [-0.2, 0) is 13.1 Å². The van der Waals surface area contributed by atoms with Crippen molar-refractivity contribution in [1.29, 1.82) is 0 Å². The van der Waals surface area contributed by atoms with E-state index in [0.29, 0.717) is 6.54 Å². The minimum absolute atomic E-state index is 0.124. The maximum absolute atomic E-state index is 14.3. The van der Waals surface area contributed by atoms with Crippen LogP contribution in [0.2, 0.25) is 0 Å². The zero-order chi connectivity index (χ0) is 20.2. The van der Waals surface area contributed by atoms with Crippen LogP contribution >= 0.6 is 11.8 Å². The molecule has 1 aliphatic heterocycles. The van der Waals surface area contributed by atoms with E-state index < -0.39 is 0 Å². The van der Waals surface area contributed by atoms with Gasteiger partial charge in [-0.2, -0.15) is 0 Å². The molecule has 0 aliphatic carbocycles. The summed E-state index contributed by atoms with van der Waals surface area (Å²) in [7, 11) is 0. The molecular weight excluding hydrogens is 379 g/mol. The normalized spacial score (nSPS) is 17.7. The Balaban J connectivity index is 1.62. The molecule has 0 radical (unpaired) electrons. The largest absolute Gasteiger partial charge is 0.279 e. The Bertz CT molecular complexity index is 957. The van der Waals surface area contributed by atoms with Crippen LogP contribution in [0.1, 0.15) is 28.4 Å². The maximum Gasteiger partial charge on any atom is 0.127 e. The third kappa shape index (κ3) is 4.72. The molecule has 29 heavy (non-hydrogen) atoms. The summed E-state index contributed by atoms with van der Waals surface area (Å²) in [5.74, 6) is -0.124. The second-order valence-electron chi connectivity index (χ2n) is 7.67. The molecule has 1 unspecified atom stereocenters. The summed E-state index contributed by atoms with van der Waals surface area (Å²) < 4.78 is 14.3. The van der Waals surface area contributed by atoms with Gasteiger partial charge in [0.1, 0.15) is 5.82 Å². The molecule has 3 aromatic carbocycles. The molecule has 4 heteroatoms. The van der Waals surface area contributed by atoms with Crippen molar-refractivity contribution in [2.75, 3.05) is 19.3 Å². The Morgan fingerprint density at radius 2 is 1.62 bits per heavy atom. The lowest BCUT2D eigenvalue weighted by molar-refractivity contribution is 0.124. The zero-order valence-electron chi connectivity index (χ0n) is 17.0. The van der Waals surface area contributed by atoms with Gasteiger partial charge < -0.3 is 0 Å². The maximum atomic E-state index is 14.3. The number of benzene rings is 3. The summed E-state index contributed by atoms with van der Waals surface area (Å²) in [5, 5.41) is 0. The van der Waals surface area contributed by atoms with Crippen LogP contribution in [0.15, 0.2) is 77.7 Å². The van der Waals surface area contributed by atoms with E-state index in [1.54, 1.807) is 23.9 Å². The lowest BCUT2D eigenvalue weighted by Crippen LogP contribution is -2.30. The second kappa shape index (κ2) is 9.12. The minimum atomic E-state index is -0.124. The summed E-state index contributed by atoms with van der Waals surface area (Å²) in [5.41, 5.74) is 4.63. The van der Waals surface area contributed by atoms with Crippen LogP contribution in [0.4, 0.5) is 4.39 Å². The number of hydrogen-bond acceptors (Lipinski definition) is 3. The molecule has 1 heterocycles. The highest BCUT2D eigenvalue weighted by Gasteiger charge is 2.33. The van der Waals surface area contributed by atoms with Crippen molar-refractivity contribution in [3.63, 3.8) is 0 Å². The molecule has 1 aliphatic rings. The van der Waals surface area contributed by atoms with E-state index >= 15 is 0 Å². The van der Waals surface area contributed by atoms with Gasteiger partial charge in [-0.3, -0.25) is 9.80 Å². The van der Waals surface area contributed by atoms with Crippen molar-refractivity contribution in [1.82, 2.24) is 9.80 Å². The molecule has 0 spiro atoms. The standard InChI is InChI=1S/C25H27FN2S/c1-19-6-5-7-20(16-19)17-27-14-15-28(18-22-8-3-4-9-24(22)26)25(27)21-10-12-23(29-2)13-11-21/h3-13,16,25H,14-15,17-18H2,1-2H3. The summed E-state index contributed by atoms with van der Waals surface area (Å²) in [6.45, 7) is 5.54. The molecule has 2 nitrogen and oxygen atoms in total. The van der Waals surface area contributed by atoms with Crippen LogP contribution in [-0.4, -0.2) is 29.1 Å². The van der Waals surface area contributed by atoms with E-state index in [4.69, 9.17) is 0 Å². The Kier molecular flexibility index (Phi) is 6.34. The van der Waals surface area contributed by atoms with Gasteiger partial charge in [0.2, 0.25) is 0 Å². The van der Waals surface area contributed by atoms with Gasteiger partial charge in [0, 0.05) is 36.6 Å². The van der Waals surface area contributed by atoms with Crippen molar-refractivity contribution >= 4 is 11.8 Å². The van der Waals surface area contributed by atoms with Crippen molar-refractivity contribution in [2.45, 2.75) is 31.1 Å². The molecule has 150 valence electrons. The van der Waals surface area contributed by atoms with E-state index in [0.717, 1.165) is 25.2 Å². The predicted octanol–water partition coefficient (Wildman–Crippen LogP) is 5.87.